The minimum Gasteiger partial charge on any atom is -0.367 e. The summed E-state index contributed by atoms with van der Waals surface area (Å²) in [5.41, 5.74) is 1.22. The lowest BCUT2D eigenvalue weighted by Crippen LogP contribution is -2.52. The summed E-state index contributed by atoms with van der Waals surface area (Å²) in [6, 6.07) is 0. The van der Waals surface area contributed by atoms with Crippen LogP contribution in [0.15, 0.2) is 23.5 Å². The number of ether oxygens (including phenoxy) is 1. The third kappa shape index (κ3) is 3.25. The number of hydrogen-bond acceptors (Lipinski definition) is 6. The van der Waals surface area contributed by atoms with Crippen molar-refractivity contribution in [2.45, 2.75) is 63.0 Å². The molecule has 2 aromatic rings. The fraction of sp³-hybridized carbons (Fsp3) is 0.632. The van der Waals surface area contributed by atoms with Gasteiger partial charge in [-0.1, -0.05) is 13.8 Å². The highest BCUT2D eigenvalue weighted by molar-refractivity contribution is 7.89. The molecule has 9 heteroatoms. The number of aryl methyl sites for hydroxylation is 1. The van der Waals surface area contributed by atoms with Gasteiger partial charge in [0.1, 0.15) is 16.3 Å². The molecule has 2 aliphatic rings. The summed E-state index contributed by atoms with van der Waals surface area (Å²) in [5.74, 6) is 0.973. The molecule has 4 heterocycles. The van der Waals surface area contributed by atoms with E-state index < -0.39 is 15.6 Å². The van der Waals surface area contributed by atoms with Gasteiger partial charge in [-0.15, -0.1) is 0 Å². The molecule has 4 rings (SSSR count). The maximum atomic E-state index is 13.2. The van der Waals surface area contributed by atoms with Crippen LogP contribution in [0.3, 0.4) is 0 Å². The van der Waals surface area contributed by atoms with Gasteiger partial charge in [-0.3, -0.25) is 4.68 Å². The Labute approximate surface area is 166 Å². The number of piperidine rings is 1. The number of sulfonamides is 1. The Morgan fingerprint density at radius 1 is 1.32 bits per heavy atom. The standard InChI is InChI=1S/C19H27N5O3S/c1-4-23-12-16(11-21-23)28(25,26)24-8-5-7-19(13-24)17-15(6-9-27-19)10-20-18(22-17)14(2)3/h10-12,14H,4-9,13H2,1-3H3/t19-/m0/s1. The van der Waals surface area contributed by atoms with E-state index in [0.29, 0.717) is 19.7 Å². The number of aromatic nitrogens is 4. The average Bonchev–Trinajstić information content (AvgIpc) is 3.18. The predicted molar refractivity (Wildman–Crippen MR) is 103 cm³/mol. The van der Waals surface area contributed by atoms with E-state index >= 15 is 0 Å². The Morgan fingerprint density at radius 3 is 2.86 bits per heavy atom. The quantitative estimate of drug-likeness (QED) is 0.773. The van der Waals surface area contributed by atoms with Crippen molar-refractivity contribution in [1.82, 2.24) is 24.1 Å². The largest absolute Gasteiger partial charge is 0.367 e. The molecule has 28 heavy (non-hydrogen) atoms. The third-order valence-corrected chi connectivity index (χ3v) is 7.37. The molecule has 0 bridgehead atoms. The molecule has 2 aromatic heterocycles. The first-order valence-electron chi connectivity index (χ1n) is 9.88. The van der Waals surface area contributed by atoms with Gasteiger partial charge < -0.3 is 4.74 Å². The van der Waals surface area contributed by atoms with Gasteiger partial charge in [0.25, 0.3) is 0 Å². The SMILES string of the molecule is CCn1cc(S(=O)(=O)N2CCC[C@@]3(C2)OCCc2cnc(C(C)C)nc23)cn1. The Kier molecular flexibility index (Phi) is 5.01. The maximum absolute atomic E-state index is 13.2. The second-order valence-corrected chi connectivity index (χ2v) is 9.76. The first kappa shape index (κ1) is 19.5. The Balaban J connectivity index is 1.70. The van der Waals surface area contributed by atoms with E-state index in [-0.39, 0.29) is 17.4 Å². The lowest BCUT2D eigenvalue weighted by Gasteiger charge is -2.44. The van der Waals surface area contributed by atoms with Gasteiger partial charge in [-0.25, -0.2) is 18.4 Å². The van der Waals surface area contributed by atoms with Crippen LogP contribution in [0.2, 0.25) is 0 Å². The summed E-state index contributed by atoms with van der Waals surface area (Å²) in [5, 5.41) is 4.13. The minimum atomic E-state index is -3.63. The number of rotatable bonds is 4. The van der Waals surface area contributed by atoms with E-state index in [1.54, 1.807) is 10.9 Å². The molecule has 2 aliphatic heterocycles. The van der Waals surface area contributed by atoms with Gasteiger partial charge in [0.15, 0.2) is 0 Å². The number of hydrogen-bond donors (Lipinski definition) is 0. The van der Waals surface area contributed by atoms with Gasteiger partial charge in [0.2, 0.25) is 10.0 Å². The highest BCUT2D eigenvalue weighted by Gasteiger charge is 2.46. The molecule has 1 spiro atoms. The summed E-state index contributed by atoms with van der Waals surface area (Å²) < 4.78 is 35.8. The molecule has 1 atom stereocenters. The molecule has 152 valence electrons. The molecular formula is C19H27N5O3S. The lowest BCUT2D eigenvalue weighted by molar-refractivity contribution is -0.0936. The summed E-state index contributed by atoms with van der Waals surface area (Å²) in [6.07, 6.45) is 7.14. The first-order valence-corrected chi connectivity index (χ1v) is 11.3. The smallest absolute Gasteiger partial charge is 0.246 e. The van der Waals surface area contributed by atoms with Crippen LogP contribution in [0.5, 0.6) is 0 Å². The van der Waals surface area contributed by atoms with E-state index in [9.17, 15) is 8.42 Å². The van der Waals surface area contributed by atoms with E-state index in [1.165, 1.54) is 10.5 Å². The third-order valence-electron chi connectivity index (χ3n) is 5.57. The van der Waals surface area contributed by atoms with Crippen LogP contribution in [0.4, 0.5) is 0 Å². The topological polar surface area (TPSA) is 90.2 Å². The van der Waals surface area contributed by atoms with Crippen LogP contribution in [0, 0.1) is 0 Å². The molecule has 0 aliphatic carbocycles. The van der Waals surface area contributed by atoms with Crippen molar-refractivity contribution in [1.29, 1.82) is 0 Å². The number of fused-ring (bicyclic) bond motifs is 2. The van der Waals surface area contributed by atoms with E-state index in [0.717, 1.165) is 36.3 Å². The van der Waals surface area contributed by atoms with Crippen molar-refractivity contribution in [3.8, 4) is 0 Å². The molecule has 0 aromatic carbocycles. The minimum absolute atomic E-state index is 0.201. The van der Waals surface area contributed by atoms with E-state index in [2.05, 4.69) is 23.9 Å². The van der Waals surface area contributed by atoms with Crippen molar-refractivity contribution in [2.75, 3.05) is 19.7 Å². The Bertz CT molecular complexity index is 972. The fourth-order valence-electron chi connectivity index (χ4n) is 4.00. The van der Waals surface area contributed by atoms with E-state index in [4.69, 9.17) is 9.72 Å². The van der Waals surface area contributed by atoms with Crippen molar-refractivity contribution < 1.29 is 13.2 Å². The Morgan fingerprint density at radius 2 is 2.14 bits per heavy atom. The van der Waals surface area contributed by atoms with Crippen LogP contribution in [0.1, 0.15) is 56.6 Å². The predicted octanol–water partition coefficient (Wildman–Crippen LogP) is 2.07. The highest BCUT2D eigenvalue weighted by Crippen LogP contribution is 2.40. The molecule has 0 unspecified atom stereocenters. The normalized spacial score (nSPS) is 23.3. The molecule has 0 radical (unpaired) electrons. The summed E-state index contributed by atoms with van der Waals surface area (Å²) in [4.78, 5) is 9.54. The van der Waals surface area contributed by atoms with Crippen LogP contribution in [0.25, 0.3) is 0 Å². The zero-order valence-electron chi connectivity index (χ0n) is 16.6. The first-order chi connectivity index (χ1) is 13.4. The average molecular weight is 406 g/mol. The van der Waals surface area contributed by atoms with Gasteiger partial charge in [-0.2, -0.15) is 9.40 Å². The second-order valence-electron chi connectivity index (χ2n) is 7.82. The summed E-state index contributed by atoms with van der Waals surface area (Å²) >= 11 is 0. The summed E-state index contributed by atoms with van der Waals surface area (Å²) in [6.45, 7) is 7.97. The van der Waals surface area contributed by atoms with Gasteiger partial charge >= 0.3 is 0 Å². The van der Waals surface area contributed by atoms with E-state index in [1.807, 2.05) is 13.1 Å². The van der Waals surface area contributed by atoms with Crippen molar-refractivity contribution in [3.05, 3.63) is 35.7 Å². The van der Waals surface area contributed by atoms with Gasteiger partial charge in [-0.05, 0) is 31.7 Å². The molecular weight excluding hydrogens is 378 g/mol. The zero-order valence-corrected chi connectivity index (χ0v) is 17.4. The second kappa shape index (κ2) is 7.20. The van der Waals surface area contributed by atoms with Crippen molar-refractivity contribution >= 4 is 10.0 Å². The lowest BCUT2D eigenvalue weighted by atomic mass is 9.85. The van der Waals surface area contributed by atoms with Crippen LogP contribution < -0.4 is 0 Å². The monoisotopic (exact) mass is 405 g/mol. The van der Waals surface area contributed by atoms with Crippen molar-refractivity contribution in [3.63, 3.8) is 0 Å². The van der Waals surface area contributed by atoms with Crippen LogP contribution in [-0.2, 0) is 33.3 Å². The molecule has 0 N–H and O–H groups in total. The molecule has 8 nitrogen and oxygen atoms in total. The zero-order chi connectivity index (χ0) is 19.9. The molecule has 0 saturated carbocycles. The van der Waals surface area contributed by atoms with Gasteiger partial charge in [0.05, 0.1) is 18.5 Å². The van der Waals surface area contributed by atoms with Gasteiger partial charge in [0, 0.05) is 37.9 Å². The maximum Gasteiger partial charge on any atom is 0.246 e. The number of nitrogens with zero attached hydrogens (tertiary/aromatic N) is 5. The highest BCUT2D eigenvalue weighted by atomic mass is 32.2. The fourth-order valence-corrected chi connectivity index (χ4v) is 5.48. The Hall–Kier alpha value is -1.84. The molecule has 1 fully saturated rings. The van der Waals surface area contributed by atoms with Crippen LogP contribution in [-0.4, -0.2) is 52.2 Å². The van der Waals surface area contributed by atoms with Crippen LogP contribution >= 0.6 is 0 Å². The molecule has 1 saturated heterocycles. The van der Waals surface area contributed by atoms with Crippen molar-refractivity contribution in [2.24, 2.45) is 0 Å². The molecule has 0 amide bonds. The summed E-state index contributed by atoms with van der Waals surface area (Å²) in [7, 11) is -3.63.